The molecule has 5 rings (SSSR count). The fourth-order valence-corrected chi connectivity index (χ4v) is 5.19. The number of piperazine rings is 2. The number of nitrogens with one attached hydrogen (secondary N) is 2. The molecule has 39 heavy (non-hydrogen) atoms. The van der Waals surface area contributed by atoms with Gasteiger partial charge in [-0.2, -0.15) is 0 Å². The molecule has 1 aromatic heterocycles. The largest absolute Gasteiger partial charge is 0.495 e. The number of para-hydroxylation sites is 2. The van der Waals surface area contributed by atoms with Crippen LogP contribution in [0.15, 0.2) is 53.3 Å². The lowest BCUT2D eigenvalue weighted by molar-refractivity contribution is 0.208. The topological polar surface area (TPSA) is 97.0 Å². The van der Waals surface area contributed by atoms with E-state index in [1.165, 1.54) is 0 Å². The second-order valence-corrected chi connectivity index (χ2v) is 10.3. The minimum absolute atomic E-state index is 0.178. The van der Waals surface area contributed by atoms with E-state index in [2.05, 4.69) is 26.2 Å². The summed E-state index contributed by atoms with van der Waals surface area (Å²) >= 11 is 12.0. The molecule has 206 valence electrons. The summed E-state index contributed by atoms with van der Waals surface area (Å²) in [5, 5.41) is 3.67. The van der Waals surface area contributed by atoms with Gasteiger partial charge in [-0.05, 0) is 30.3 Å². The number of carbonyl (C=O) groups excluding carboxylic acids is 1. The van der Waals surface area contributed by atoms with Crippen molar-refractivity contribution >= 4 is 46.6 Å². The lowest BCUT2D eigenvalue weighted by Gasteiger charge is -2.37. The number of rotatable bonds is 6. The number of H-pyrrole nitrogens is 1. The Balaban J connectivity index is 1.15. The van der Waals surface area contributed by atoms with Gasteiger partial charge in [0.1, 0.15) is 5.75 Å². The standard InChI is InChI=1S/C27H31Cl2N7O3/c1-39-24-5-3-2-4-23(24)34-10-8-33(9-11-34)18-20-17-25(37)32-26(30-20)35-12-14-36(15-13-35)27(38)31-19-6-7-21(28)22(29)16-19/h2-7,16-17H,8-15,18H2,1H3,(H,31,38)(H,30,32,37). The maximum Gasteiger partial charge on any atom is 0.321 e. The molecule has 10 nitrogen and oxygen atoms in total. The molecule has 0 atom stereocenters. The second kappa shape index (κ2) is 12.1. The van der Waals surface area contributed by atoms with Gasteiger partial charge in [-0.25, -0.2) is 9.78 Å². The summed E-state index contributed by atoms with van der Waals surface area (Å²) in [5.41, 5.74) is 2.24. The van der Waals surface area contributed by atoms with Crippen LogP contribution >= 0.6 is 23.2 Å². The number of urea groups is 1. The molecule has 0 aliphatic carbocycles. The summed E-state index contributed by atoms with van der Waals surface area (Å²) in [4.78, 5) is 41.2. The molecular formula is C27H31Cl2N7O3. The lowest BCUT2D eigenvalue weighted by Crippen LogP contribution is -2.51. The highest BCUT2D eigenvalue weighted by molar-refractivity contribution is 6.42. The highest BCUT2D eigenvalue weighted by Crippen LogP contribution is 2.28. The van der Waals surface area contributed by atoms with E-state index < -0.39 is 0 Å². The molecule has 2 aromatic carbocycles. The van der Waals surface area contributed by atoms with Gasteiger partial charge in [0.15, 0.2) is 0 Å². The molecule has 0 radical (unpaired) electrons. The van der Waals surface area contributed by atoms with Crippen LogP contribution in [0.25, 0.3) is 0 Å². The Hall–Kier alpha value is -3.47. The molecule has 0 saturated carbocycles. The SMILES string of the molecule is COc1ccccc1N1CCN(Cc2cc(=O)[nH]c(N3CCN(C(=O)Nc4ccc(Cl)c(Cl)c4)CC3)n2)CC1. The van der Waals surface area contributed by atoms with Crippen molar-refractivity contribution in [2.75, 3.05) is 74.6 Å². The molecule has 3 aromatic rings. The zero-order valence-corrected chi connectivity index (χ0v) is 23.2. The van der Waals surface area contributed by atoms with Gasteiger partial charge in [-0.3, -0.25) is 14.7 Å². The Kier molecular flexibility index (Phi) is 8.44. The third-order valence-electron chi connectivity index (χ3n) is 7.00. The summed E-state index contributed by atoms with van der Waals surface area (Å²) in [6, 6.07) is 14.4. The first-order valence-electron chi connectivity index (χ1n) is 12.9. The van der Waals surface area contributed by atoms with Gasteiger partial charge in [0.05, 0.1) is 28.5 Å². The van der Waals surface area contributed by atoms with Crippen LogP contribution in [-0.2, 0) is 6.54 Å². The second-order valence-electron chi connectivity index (χ2n) is 9.53. The molecule has 12 heteroatoms. The van der Waals surface area contributed by atoms with Crippen molar-refractivity contribution < 1.29 is 9.53 Å². The van der Waals surface area contributed by atoms with Crippen molar-refractivity contribution in [3.8, 4) is 5.75 Å². The molecule has 2 saturated heterocycles. The van der Waals surface area contributed by atoms with E-state index >= 15 is 0 Å². The maximum absolute atomic E-state index is 12.7. The number of halogens is 2. The van der Waals surface area contributed by atoms with Crippen molar-refractivity contribution in [2.45, 2.75) is 6.54 Å². The average molecular weight is 572 g/mol. The molecular weight excluding hydrogens is 541 g/mol. The first kappa shape index (κ1) is 27.1. The minimum atomic E-state index is -0.212. The number of carbonyl (C=O) groups is 1. The fraction of sp³-hybridized carbons (Fsp3) is 0.370. The Morgan fingerprint density at radius 3 is 2.38 bits per heavy atom. The number of aromatic nitrogens is 2. The number of ether oxygens (including phenoxy) is 1. The van der Waals surface area contributed by atoms with Crippen molar-refractivity contribution in [3.63, 3.8) is 0 Å². The molecule has 2 N–H and O–H groups in total. The summed E-state index contributed by atoms with van der Waals surface area (Å²) in [6.45, 7) is 6.13. The smallest absolute Gasteiger partial charge is 0.321 e. The number of aromatic amines is 1. The van der Waals surface area contributed by atoms with Gasteiger partial charge in [0.2, 0.25) is 5.95 Å². The van der Waals surface area contributed by atoms with Crippen LogP contribution in [0.5, 0.6) is 5.75 Å². The van der Waals surface area contributed by atoms with Crippen molar-refractivity contribution in [1.29, 1.82) is 0 Å². The van der Waals surface area contributed by atoms with Crippen LogP contribution in [0, 0.1) is 0 Å². The molecule has 0 bridgehead atoms. The van der Waals surface area contributed by atoms with Gasteiger partial charge in [0.25, 0.3) is 5.56 Å². The number of hydrogen-bond donors (Lipinski definition) is 2. The van der Waals surface area contributed by atoms with Crippen LogP contribution in [-0.4, -0.2) is 85.3 Å². The van der Waals surface area contributed by atoms with Crippen LogP contribution in [0.2, 0.25) is 10.0 Å². The van der Waals surface area contributed by atoms with E-state index in [0.29, 0.717) is 54.4 Å². The predicted molar refractivity (Wildman–Crippen MR) is 155 cm³/mol. The molecule has 3 heterocycles. The van der Waals surface area contributed by atoms with E-state index in [-0.39, 0.29) is 11.6 Å². The van der Waals surface area contributed by atoms with E-state index in [1.54, 1.807) is 36.3 Å². The third-order valence-corrected chi connectivity index (χ3v) is 7.74. The highest BCUT2D eigenvalue weighted by atomic mass is 35.5. The van der Waals surface area contributed by atoms with Crippen LogP contribution < -0.4 is 25.4 Å². The van der Waals surface area contributed by atoms with Crippen LogP contribution in [0.4, 0.5) is 22.1 Å². The van der Waals surface area contributed by atoms with E-state index in [1.807, 2.05) is 23.1 Å². The first-order valence-corrected chi connectivity index (χ1v) is 13.6. The third kappa shape index (κ3) is 6.58. The van der Waals surface area contributed by atoms with Gasteiger partial charge in [-0.1, -0.05) is 35.3 Å². The van der Waals surface area contributed by atoms with E-state index in [9.17, 15) is 9.59 Å². The maximum atomic E-state index is 12.7. The molecule has 2 aliphatic heterocycles. The van der Waals surface area contributed by atoms with Gasteiger partial charge < -0.3 is 24.8 Å². The number of hydrogen-bond acceptors (Lipinski definition) is 7. The molecule has 2 fully saturated rings. The predicted octanol–water partition coefficient (Wildman–Crippen LogP) is 3.76. The van der Waals surface area contributed by atoms with Crippen LogP contribution in [0.3, 0.4) is 0 Å². The lowest BCUT2D eigenvalue weighted by atomic mass is 10.2. The number of methoxy groups -OCH3 is 1. The molecule has 2 aliphatic rings. The van der Waals surface area contributed by atoms with Crippen LogP contribution in [0.1, 0.15) is 5.69 Å². The summed E-state index contributed by atoms with van der Waals surface area (Å²) in [6.07, 6.45) is 0. The van der Waals surface area contributed by atoms with Gasteiger partial charge in [-0.15, -0.1) is 0 Å². The summed E-state index contributed by atoms with van der Waals surface area (Å²) in [5.74, 6) is 1.41. The normalized spacial score (nSPS) is 16.3. The summed E-state index contributed by atoms with van der Waals surface area (Å²) in [7, 11) is 1.69. The number of nitrogens with zero attached hydrogens (tertiary/aromatic N) is 5. The highest BCUT2D eigenvalue weighted by Gasteiger charge is 2.24. The first-order chi connectivity index (χ1) is 18.9. The Morgan fingerprint density at radius 2 is 1.67 bits per heavy atom. The quantitative estimate of drug-likeness (QED) is 0.465. The Bertz CT molecular complexity index is 1370. The van der Waals surface area contributed by atoms with Gasteiger partial charge in [0, 0.05) is 70.7 Å². The monoisotopic (exact) mass is 571 g/mol. The average Bonchev–Trinajstić information content (AvgIpc) is 2.95. The van der Waals surface area contributed by atoms with Crippen molar-refractivity contribution in [3.05, 3.63) is 74.6 Å². The summed E-state index contributed by atoms with van der Waals surface area (Å²) < 4.78 is 5.52. The zero-order chi connectivity index (χ0) is 27.4. The molecule has 0 unspecified atom stereocenters. The minimum Gasteiger partial charge on any atom is -0.495 e. The van der Waals surface area contributed by atoms with Crippen molar-refractivity contribution in [2.24, 2.45) is 0 Å². The number of anilines is 3. The molecule has 2 amide bonds. The zero-order valence-electron chi connectivity index (χ0n) is 21.7. The molecule has 0 spiro atoms. The Morgan fingerprint density at radius 1 is 0.949 bits per heavy atom. The van der Waals surface area contributed by atoms with E-state index in [0.717, 1.165) is 43.3 Å². The van der Waals surface area contributed by atoms with E-state index in [4.69, 9.17) is 32.9 Å². The Labute approximate surface area is 237 Å². The fourth-order valence-electron chi connectivity index (χ4n) is 4.89. The number of benzene rings is 2. The number of amides is 2. The van der Waals surface area contributed by atoms with Crippen molar-refractivity contribution in [1.82, 2.24) is 19.8 Å². The van der Waals surface area contributed by atoms with Gasteiger partial charge >= 0.3 is 6.03 Å².